The summed E-state index contributed by atoms with van der Waals surface area (Å²) in [5.74, 6) is 0.00875. The minimum atomic E-state index is -0.0567. The molecule has 1 heterocycles. The fourth-order valence-electron chi connectivity index (χ4n) is 4.49. The summed E-state index contributed by atoms with van der Waals surface area (Å²) in [5, 5.41) is 0. The van der Waals surface area contributed by atoms with Crippen LogP contribution in [0.1, 0.15) is 56.2 Å². The minimum Gasteiger partial charge on any atom is -0.353 e. The summed E-state index contributed by atoms with van der Waals surface area (Å²) in [6, 6.07) is 14.4. The number of rotatable bonds is 8. The van der Waals surface area contributed by atoms with Crippen molar-refractivity contribution in [1.29, 1.82) is 0 Å². The molecule has 0 N–H and O–H groups in total. The van der Waals surface area contributed by atoms with Crippen LogP contribution in [0.25, 0.3) is 6.08 Å². The number of aryl methyl sites for hydroxylation is 1. The van der Waals surface area contributed by atoms with Gasteiger partial charge < -0.3 is 14.4 Å². The van der Waals surface area contributed by atoms with Crippen LogP contribution >= 0.6 is 0 Å². The van der Waals surface area contributed by atoms with E-state index in [1.165, 1.54) is 6.42 Å². The van der Waals surface area contributed by atoms with Gasteiger partial charge in [-0.05, 0) is 49.5 Å². The zero-order valence-corrected chi connectivity index (χ0v) is 18.5. The van der Waals surface area contributed by atoms with Gasteiger partial charge in [-0.2, -0.15) is 0 Å². The van der Waals surface area contributed by atoms with Crippen LogP contribution in [0.2, 0.25) is 0 Å². The lowest BCUT2D eigenvalue weighted by Crippen LogP contribution is -2.48. The fourth-order valence-corrected chi connectivity index (χ4v) is 4.49. The predicted octanol–water partition coefficient (Wildman–Crippen LogP) is 4.39. The van der Waals surface area contributed by atoms with E-state index in [0.29, 0.717) is 12.6 Å². The van der Waals surface area contributed by atoms with Gasteiger partial charge in [0.15, 0.2) is 0 Å². The molecule has 2 aliphatic carbocycles. The molecule has 2 saturated carbocycles. The van der Waals surface area contributed by atoms with Gasteiger partial charge in [0.1, 0.15) is 6.54 Å². The Kier molecular flexibility index (Phi) is 6.90. The van der Waals surface area contributed by atoms with Gasteiger partial charge in [-0.3, -0.25) is 9.59 Å². The van der Waals surface area contributed by atoms with E-state index >= 15 is 0 Å². The molecule has 0 spiro atoms. The third kappa shape index (κ3) is 5.66. The van der Waals surface area contributed by atoms with Gasteiger partial charge in [-0.25, -0.2) is 0 Å². The molecule has 2 fully saturated rings. The molecular weight excluding hydrogens is 386 g/mol. The van der Waals surface area contributed by atoms with Gasteiger partial charge in [0, 0.05) is 37.1 Å². The molecule has 0 aliphatic heterocycles. The number of aromatic nitrogens is 1. The van der Waals surface area contributed by atoms with Gasteiger partial charge in [0.05, 0.1) is 6.54 Å². The topological polar surface area (TPSA) is 45.6 Å². The molecule has 0 saturated heterocycles. The molecule has 31 heavy (non-hydrogen) atoms. The van der Waals surface area contributed by atoms with Crippen molar-refractivity contribution < 1.29 is 9.59 Å². The van der Waals surface area contributed by atoms with Crippen LogP contribution < -0.4 is 0 Å². The van der Waals surface area contributed by atoms with Crippen molar-refractivity contribution in [2.75, 3.05) is 6.54 Å². The van der Waals surface area contributed by atoms with Crippen molar-refractivity contribution in [2.45, 2.75) is 63.6 Å². The first-order valence-corrected chi connectivity index (χ1v) is 11.6. The number of hydrogen-bond donors (Lipinski definition) is 0. The molecule has 2 aromatic rings. The lowest BCUT2D eigenvalue weighted by molar-refractivity contribution is -0.141. The number of carbonyl (C=O) groups excluding carboxylic acids is 2. The standard InChI is InChI=1S/C26H33N3O2/c1-27-18-8-13-24(27)19-28(23-15-16-23)26(31)20-29(22-11-6-3-7-12-22)25(30)17-14-21-9-4-2-5-10-21/h2,4-5,8-10,13-14,17-18,22-23H,3,6-7,11-12,15-16,19-20H2,1H3. The predicted molar refractivity (Wildman–Crippen MR) is 123 cm³/mol. The summed E-state index contributed by atoms with van der Waals surface area (Å²) in [7, 11) is 2.01. The van der Waals surface area contributed by atoms with Crippen LogP contribution in [0, 0.1) is 0 Å². The molecule has 4 rings (SSSR count). The van der Waals surface area contributed by atoms with Gasteiger partial charge >= 0.3 is 0 Å². The number of hydrogen-bond acceptors (Lipinski definition) is 2. The van der Waals surface area contributed by atoms with E-state index in [0.717, 1.165) is 49.8 Å². The number of carbonyl (C=O) groups is 2. The summed E-state index contributed by atoms with van der Waals surface area (Å²) in [6.45, 7) is 0.781. The summed E-state index contributed by atoms with van der Waals surface area (Å²) >= 11 is 0. The first-order valence-electron chi connectivity index (χ1n) is 11.6. The molecule has 2 aliphatic rings. The summed E-state index contributed by atoms with van der Waals surface area (Å²) in [4.78, 5) is 30.4. The van der Waals surface area contributed by atoms with Gasteiger partial charge in [0.25, 0.3) is 0 Å². The Bertz CT molecular complexity index is 908. The molecule has 5 heteroatoms. The number of benzene rings is 1. The lowest BCUT2D eigenvalue weighted by Gasteiger charge is -2.35. The normalized spacial score (nSPS) is 17.1. The van der Waals surface area contributed by atoms with E-state index < -0.39 is 0 Å². The van der Waals surface area contributed by atoms with Gasteiger partial charge in [-0.1, -0.05) is 49.6 Å². The van der Waals surface area contributed by atoms with Crippen molar-refractivity contribution in [3.63, 3.8) is 0 Å². The first-order chi connectivity index (χ1) is 15.1. The Labute approximate surface area is 185 Å². The molecule has 0 atom stereocenters. The van der Waals surface area contributed by atoms with Gasteiger partial charge in [0.2, 0.25) is 11.8 Å². The highest BCUT2D eigenvalue weighted by Crippen LogP contribution is 2.29. The molecule has 164 valence electrons. The first kappa shape index (κ1) is 21.4. The van der Waals surface area contributed by atoms with Crippen LogP contribution in [0.3, 0.4) is 0 Å². The number of nitrogens with zero attached hydrogens (tertiary/aromatic N) is 3. The second kappa shape index (κ2) is 9.99. The van der Waals surface area contributed by atoms with E-state index in [-0.39, 0.29) is 24.4 Å². The Morgan fingerprint density at radius 2 is 1.65 bits per heavy atom. The molecular formula is C26H33N3O2. The Morgan fingerprint density at radius 3 is 2.29 bits per heavy atom. The second-order valence-corrected chi connectivity index (χ2v) is 8.87. The SMILES string of the molecule is Cn1cccc1CN(C(=O)CN(C(=O)C=Cc1ccccc1)C1CCCCC1)C1CC1. The zero-order valence-electron chi connectivity index (χ0n) is 18.5. The monoisotopic (exact) mass is 419 g/mol. The Morgan fingerprint density at radius 1 is 0.935 bits per heavy atom. The zero-order chi connectivity index (χ0) is 21.6. The Hall–Kier alpha value is -2.82. The average molecular weight is 420 g/mol. The third-order valence-corrected chi connectivity index (χ3v) is 6.51. The average Bonchev–Trinajstić information content (AvgIpc) is 3.56. The van der Waals surface area contributed by atoms with Crippen LogP contribution in [0.15, 0.2) is 54.7 Å². The van der Waals surface area contributed by atoms with Crippen molar-refractivity contribution >= 4 is 17.9 Å². The molecule has 5 nitrogen and oxygen atoms in total. The molecule has 1 aromatic heterocycles. The van der Waals surface area contributed by atoms with E-state index in [1.807, 2.05) is 65.5 Å². The van der Waals surface area contributed by atoms with Crippen LogP contribution in [0.5, 0.6) is 0 Å². The van der Waals surface area contributed by atoms with Gasteiger partial charge in [-0.15, -0.1) is 0 Å². The summed E-state index contributed by atoms with van der Waals surface area (Å²) in [5.41, 5.74) is 2.12. The van der Waals surface area contributed by atoms with E-state index in [1.54, 1.807) is 6.08 Å². The molecule has 0 bridgehead atoms. The maximum absolute atomic E-state index is 13.4. The fraction of sp³-hybridized carbons (Fsp3) is 0.462. The van der Waals surface area contributed by atoms with Crippen LogP contribution in [-0.2, 0) is 23.2 Å². The molecule has 0 radical (unpaired) electrons. The minimum absolute atomic E-state index is 0.0567. The van der Waals surface area contributed by atoms with Crippen molar-refractivity contribution in [3.05, 3.63) is 66.0 Å². The lowest BCUT2D eigenvalue weighted by atomic mass is 9.94. The highest BCUT2D eigenvalue weighted by atomic mass is 16.2. The van der Waals surface area contributed by atoms with Crippen LogP contribution in [0.4, 0.5) is 0 Å². The van der Waals surface area contributed by atoms with Crippen LogP contribution in [-0.4, -0.2) is 44.8 Å². The maximum Gasteiger partial charge on any atom is 0.247 e. The summed E-state index contributed by atoms with van der Waals surface area (Å²) in [6.07, 6.45) is 13.1. The highest BCUT2D eigenvalue weighted by molar-refractivity contribution is 5.94. The smallest absolute Gasteiger partial charge is 0.247 e. The van der Waals surface area contributed by atoms with Crippen molar-refractivity contribution in [1.82, 2.24) is 14.4 Å². The number of amides is 2. The molecule has 0 unspecified atom stereocenters. The van der Waals surface area contributed by atoms with E-state index in [9.17, 15) is 9.59 Å². The van der Waals surface area contributed by atoms with E-state index in [4.69, 9.17) is 0 Å². The highest BCUT2D eigenvalue weighted by Gasteiger charge is 2.35. The van der Waals surface area contributed by atoms with Crippen molar-refractivity contribution in [2.24, 2.45) is 7.05 Å². The third-order valence-electron chi connectivity index (χ3n) is 6.51. The summed E-state index contributed by atoms with van der Waals surface area (Å²) < 4.78 is 2.06. The van der Waals surface area contributed by atoms with Crippen molar-refractivity contribution in [3.8, 4) is 0 Å². The maximum atomic E-state index is 13.4. The molecule has 1 aromatic carbocycles. The second-order valence-electron chi connectivity index (χ2n) is 8.87. The Balaban J connectivity index is 1.49. The van der Waals surface area contributed by atoms with E-state index in [2.05, 4.69) is 10.6 Å². The quantitative estimate of drug-likeness (QED) is 0.596. The molecule has 2 amide bonds. The largest absolute Gasteiger partial charge is 0.353 e.